The molecule has 0 aromatic carbocycles. The average Bonchev–Trinajstić information content (AvgIpc) is 2.49. The molecule has 0 saturated heterocycles. The SMILES string of the molecule is O=C(O)c1cnc2c(c1)CCO2. The maximum Gasteiger partial charge on any atom is 0.337 e. The van der Waals surface area contributed by atoms with E-state index in [1.807, 2.05) is 0 Å². The van der Waals surface area contributed by atoms with Crippen molar-refractivity contribution in [3.8, 4) is 5.88 Å². The minimum Gasteiger partial charge on any atom is -0.478 e. The molecule has 2 heterocycles. The molecule has 0 bridgehead atoms. The number of ether oxygens (including phenoxy) is 1. The Balaban J connectivity index is 2.45. The lowest BCUT2D eigenvalue weighted by Gasteiger charge is -1.97. The van der Waals surface area contributed by atoms with Gasteiger partial charge < -0.3 is 9.84 Å². The summed E-state index contributed by atoms with van der Waals surface area (Å²) in [5, 5.41) is 8.64. The third-order valence-electron chi connectivity index (χ3n) is 1.78. The number of rotatable bonds is 1. The molecule has 0 atom stereocenters. The number of carboxylic acid groups (broad SMARTS) is 1. The second-order valence-corrected chi connectivity index (χ2v) is 2.59. The summed E-state index contributed by atoms with van der Waals surface area (Å²) in [4.78, 5) is 14.4. The Morgan fingerprint density at radius 1 is 1.67 bits per heavy atom. The Kier molecular flexibility index (Phi) is 1.46. The van der Waals surface area contributed by atoms with Crippen LogP contribution in [0.1, 0.15) is 15.9 Å². The molecule has 1 aliphatic heterocycles. The van der Waals surface area contributed by atoms with Gasteiger partial charge in [-0.3, -0.25) is 0 Å². The highest BCUT2D eigenvalue weighted by atomic mass is 16.5. The van der Waals surface area contributed by atoms with E-state index in [1.165, 1.54) is 6.20 Å². The van der Waals surface area contributed by atoms with Crippen LogP contribution in [-0.4, -0.2) is 22.7 Å². The van der Waals surface area contributed by atoms with E-state index >= 15 is 0 Å². The molecule has 1 aromatic rings. The fourth-order valence-corrected chi connectivity index (χ4v) is 1.18. The molecule has 0 fully saturated rings. The minimum atomic E-state index is -0.947. The molecule has 0 unspecified atom stereocenters. The first kappa shape index (κ1) is 7.09. The maximum absolute atomic E-state index is 10.5. The zero-order valence-corrected chi connectivity index (χ0v) is 6.28. The van der Waals surface area contributed by atoms with Crippen molar-refractivity contribution in [2.45, 2.75) is 6.42 Å². The molecule has 0 radical (unpaired) electrons. The van der Waals surface area contributed by atoms with Crippen molar-refractivity contribution in [2.75, 3.05) is 6.61 Å². The second kappa shape index (κ2) is 2.48. The van der Waals surface area contributed by atoms with E-state index in [1.54, 1.807) is 6.07 Å². The summed E-state index contributed by atoms with van der Waals surface area (Å²) in [5.41, 5.74) is 1.11. The van der Waals surface area contributed by atoms with Crippen LogP contribution in [0.4, 0.5) is 0 Å². The lowest BCUT2D eigenvalue weighted by Crippen LogP contribution is -1.97. The standard InChI is InChI=1S/C8H7NO3/c10-8(11)6-3-5-1-2-12-7(5)9-4-6/h3-4H,1-2H2,(H,10,11). The highest BCUT2D eigenvalue weighted by Gasteiger charge is 2.15. The number of nitrogens with zero attached hydrogens (tertiary/aromatic N) is 1. The Labute approximate surface area is 68.8 Å². The van der Waals surface area contributed by atoms with Crippen molar-refractivity contribution in [3.63, 3.8) is 0 Å². The van der Waals surface area contributed by atoms with Crippen LogP contribution >= 0.6 is 0 Å². The van der Waals surface area contributed by atoms with E-state index in [2.05, 4.69) is 4.98 Å². The van der Waals surface area contributed by atoms with Crippen molar-refractivity contribution >= 4 is 5.97 Å². The maximum atomic E-state index is 10.5. The average molecular weight is 165 g/mol. The quantitative estimate of drug-likeness (QED) is 0.665. The van der Waals surface area contributed by atoms with E-state index in [4.69, 9.17) is 9.84 Å². The van der Waals surface area contributed by atoms with Gasteiger partial charge in [-0.15, -0.1) is 0 Å². The molecule has 1 aromatic heterocycles. The summed E-state index contributed by atoms with van der Waals surface area (Å²) in [6.45, 7) is 0.603. The van der Waals surface area contributed by atoms with Crippen molar-refractivity contribution in [2.24, 2.45) is 0 Å². The van der Waals surface area contributed by atoms with Crippen LogP contribution in [0.2, 0.25) is 0 Å². The fraction of sp³-hybridized carbons (Fsp3) is 0.250. The smallest absolute Gasteiger partial charge is 0.337 e. The Bertz CT molecular complexity index is 335. The second-order valence-electron chi connectivity index (χ2n) is 2.59. The molecule has 62 valence electrons. The molecule has 2 rings (SSSR count). The molecule has 0 saturated carbocycles. The summed E-state index contributed by atoms with van der Waals surface area (Å²) in [7, 11) is 0. The van der Waals surface area contributed by atoms with E-state index in [0.29, 0.717) is 12.5 Å². The number of carbonyl (C=O) groups is 1. The lowest BCUT2D eigenvalue weighted by molar-refractivity contribution is 0.0696. The van der Waals surface area contributed by atoms with Gasteiger partial charge in [-0.2, -0.15) is 0 Å². The zero-order chi connectivity index (χ0) is 8.55. The molecule has 4 heteroatoms. The Morgan fingerprint density at radius 3 is 3.25 bits per heavy atom. The van der Waals surface area contributed by atoms with Crippen molar-refractivity contribution in [1.82, 2.24) is 4.98 Å². The highest BCUT2D eigenvalue weighted by molar-refractivity contribution is 5.87. The van der Waals surface area contributed by atoms with Crippen LogP contribution in [0.5, 0.6) is 5.88 Å². The molecule has 1 N–H and O–H groups in total. The first-order valence-electron chi connectivity index (χ1n) is 3.62. The molecule has 1 aliphatic rings. The van der Waals surface area contributed by atoms with E-state index in [-0.39, 0.29) is 5.56 Å². The van der Waals surface area contributed by atoms with Gasteiger partial charge in [0.15, 0.2) is 0 Å². The molecule has 0 spiro atoms. The molecular formula is C8H7NO3. The fourth-order valence-electron chi connectivity index (χ4n) is 1.18. The van der Waals surface area contributed by atoms with E-state index < -0.39 is 5.97 Å². The number of hydrogen-bond donors (Lipinski definition) is 1. The largest absolute Gasteiger partial charge is 0.478 e. The van der Waals surface area contributed by atoms with Crippen LogP contribution in [0.15, 0.2) is 12.3 Å². The van der Waals surface area contributed by atoms with Gasteiger partial charge in [0.05, 0.1) is 12.2 Å². The van der Waals surface area contributed by atoms with Crippen LogP contribution in [0.25, 0.3) is 0 Å². The van der Waals surface area contributed by atoms with Crippen molar-refractivity contribution < 1.29 is 14.6 Å². The highest BCUT2D eigenvalue weighted by Crippen LogP contribution is 2.22. The van der Waals surface area contributed by atoms with Gasteiger partial charge in [0.2, 0.25) is 5.88 Å². The van der Waals surface area contributed by atoms with Gasteiger partial charge in [-0.05, 0) is 6.07 Å². The summed E-state index contributed by atoms with van der Waals surface area (Å²) in [6, 6.07) is 1.61. The Hall–Kier alpha value is -1.58. The number of fused-ring (bicyclic) bond motifs is 1. The van der Waals surface area contributed by atoms with Gasteiger partial charge in [0, 0.05) is 18.2 Å². The number of aromatic nitrogens is 1. The number of hydrogen-bond acceptors (Lipinski definition) is 3. The van der Waals surface area contributed by atoms with Gasteiger partial charge in [-0.1, -0.05) is 0 Å². The third kappa shape index (κ3) is 1.01. The summed E-state index contributed by atoms with van der Waals surface area (Å²) < 4.78 is 5.13. The molecule has 0 amide bonds. The summed E-state index contributed by atoms with van der Waals surface area (Å²) in [6.07, 6.45) is 2.07. The molecule has 12 heavy (non-hydrogen) atoms. The van der Waals surface area contributed by atoms with Crippen LogP contribution in [-0.2, 0) is 6.42 Å². The Morgan fingerprint density at radius 2 is 2.50 bits per heavy atom. The number of pyridine rings is 1. The predicted molar refractivity (Wildman–Crippen MR) is 40.4 cm³/mol. The summed E-state index contributed by atoms with van der Waals surface area (Å²) >= 11 is 0. The van der Waals surface area contributed by atoms with Gasteiger partial charge in [-0.25, -0.2) is 9.78 Å². The minimum absolute atomic E-state index is 0.222. The van der Waals surface area contributed by atoms with Crippen LogP contribution < -0.4 is 4.74 Å². The molecule has 4 nitrogen and oxygen atoms in total. The summed E-state index contributed by atoms with van der Waals surface area (Å²) in [5.74, 6) is -0.378. The van der Waals surface area contributed by atoms with Crippen LogP contribution in [0.3, 0.4) is 0 Å². The first-order chi connectivity index (χ1) is 5.77. The topological polar surface area (TPSA) is 59.4 Å². The van der Waals surface area contributed by atoms with Crippen LogP contribution in [0, 0.1) is 0 Å². The van der Waals surface area contributed by atoms with Gasteiger partial charge >= 0.3 is 5.97 Å². The molecular weight excluding hydrogens is 158 g/mol. The van der Waals surface area contributed by atoms with Gasteiger partial charge in [0.25, 0.3) is 0 Å². The monoisotopic (exact) mass is 165 g/mol. The first-order valence-corrected chi connectivity index (χ1v) is 3.62. The molecule has 0 aliphatic carbocycles. The normalized spacial score (nSPS) is 13.7. The zero-order valence-electron chi connectivity index (χ0n) is 6.28. The third-order valence-corrected chi connectivity index (χ3v) is 1.78. The van der Waals surface area contributed by atoms with E-state index in [0.717, 1.165) is 12.0 Å². The van der Waals surface area contributed by atoms with Crippen molar-refractivity contribution in [1.29, 1.82) is 0 Å². The van der Waals surface area contributed by atoms with Crippen molar-refractivity contribution in [3.05, 3.63) is 23.4 Å². The lowest BCUT2D eigenvalue weighted by atomic mass is 10.2. The van der Waals surface area contributed by atoms with E-state index in [9.17, 15) is 4.79 Å². The predicted octanol–water partition coefficient (Wildman–Crippen LogP) is 0.715. The number of aromatic carboxylic acids is 1. The number of carboxylic acids is 1. The van der Waals surface area contributed by atoms with Gasteiger partial charge in [0.1, 0.15) is 0 Å².